The average molecular weight is 415 g/mol. The van der Waals surface area contributed by atoms with Crippen molar-refractivity contribution in [2.45, 2.75) is 23.1 Å². The minimum absolute atomic E-state index is 0.132. The van der Waals surface area contributed by atoms with Crippen LogP contribution in [0.5, 0.6) is 0 Å². The van der Waals surface area contributed by atoms with Crippen molar-refractivity contribution in [1.29, 1.82) is 0 Å². The molecular weight excluding hydrogens is 395 g/mol. The number of hydrogen-bond acceptors (Lipinski definition) is 8. The number of hydrogen-bond donors (Lipinski definition) is 6. The summed E-state index contributed by atoms with van der Waals surface area (Å²) in [4.78, 5) is 19.9. The van der Waals surface area contributed by atoms with Crippen LogP contribution >= 0.6 is 23.2 Å². The van der Waals surface area contributed by atoms with Crippen molar-refractivity contribution < 1.29 is 35.3 Å². The molecule has 0 saturated carbocycles. The zero-order chi connectivity index (χ0) is 20.3. The summed E-state index contributed by atoms with van der Waals surface area (Å²) in [5.74, 6) is -0.756. The van der Waals surface area contributed by atoms with Crippen LogP contribution in [0.3, 0.4) is 0 Å². The van der Waals surface area contributed by atoms with E-state index in [2.05, 4.69) is 5.32 Å². The van der Waals surface area contributed by atoms with Crippen LogP contribution in [0.2, 0.25) is 0 Å². The number of alkyl halides is 2. The standard InChI is InChI=1S/C11H12Cl2N2O5.C3H8O3/c12-10(13)11(18)14-8(5-16)9(17)6-1-3-7(4-2-6)15(19)20;4-1-3(6)2-5/h1-4,8-10,16-17H,5H2,(H,14,18);3-6H,1-2H2/t8-,9-;/m1./s1. The van der Waals surface area contributed by atoms with Crippen LogP contribution in [0.25, 0.3) is 0 Å². The number of non-ortho nitro benzene ring substituents is 1. The number of aliphatic hydroxyl groups excluding tert-OH is 5. The first-order valence-corrected chi connectivity index (χ1v) is 8.06. The first-order valence-electron chi connectivity index (χ1n) is 7.19. The van der Waals surface area contributed by atoms with Gasteiger partial charge in [-0.15, -0.1) is 0 Å². The fraction of sp³-hybridized carbons (Fsp3) is 0.500. The molecule has 0 saturated heterocycles. The fourth-order valence-electron chi connectivity index (χ4n) is 1.55. The third-order valence-corrected chi connectivity index (χ3v) is 3.37. The van der Waals surface area contributed by atoms with E-state index in [1.807, 2.05) is 0 Å². The van der Waals surface area contributed by atoms with Gasteiger partial charge in [0.15, 0.2) is 4.84 Å². The molecule has 0 radical (unpaired) electrons. The number of carbonyl (C=O) groups excluding carboxylic acids is 1. The summed E-state index contributed by atoms with van der Waals surface area (Å²) in [5.41, 5.74) is 0.169. The van der Waals surface area contributed by atoms with E-state index >= 15 is 0 Å². The van der Waals surface area contributed by atoms with Gasteiger partial charge in [0.1, 0.15) is 12.2 Å². The minimum atomic E-state index is -1.33. The van der Waals surface area contributed by atoms with E-state index in [4.69, 9.17) is 43.6 Å². The molecule has 1 aromatic rings. The van der Waals surface area contributed by atoms with Gasteiger partial charge < -0.3 is 30.8 Å². The van der Waals surface area contributed by atoms with Gasteiger partial charge in [-0.2, -0.15) is 0 Å². The lowest BCUT2D eigenvalue weighted by Gasteiger charge is -2.22. The first kappa shape index (κ1) is 24.5. The summed E-state index contributed by atoms with van der Waals surface area (Å²) in [6.45, 7) is -1.28. The number of nitro groups is 1. The van der Waals surface area contributed by atoms with E-state index in [0.717, 1.165) is 0 Å². The molecule has 0 unspecified atom stereocenters. The molecule has 12 heteroatoms. The SMILES string of the molecule is O=C(N[C@H](CO)[C@H](O)c1ccc([N+](=O)[O-])cc1)C(Cl)Cl.OCC(O)CO. The number of amides is 1. The lowest BCUT2D eigenvalue weighted by molar-refractivity contribution is -0.384. The van der Waals surface area contributed by atoms with E-state index < -0.39 is 40.5 Å². The van der Waals surface area contributed by atoms with Crippen LogP contribution < -0.4 is 5.32 Å². The Hall–Kier alpha value is -1.53. The molecule has 148 valence electrons. The summed E-state index contributed by atoms with van der Waals surface area (Å²) in [7, 11) is 0. The summed E-state index contributed by atoms with van der Waals surface area (Å²) in [6.07, 6.45) is -2.21. The Morgan fingerprint density at radius 1 is 1.08 bits per heavy atom. The van der Waals surface area contributed by atoms with Crippen molar-refractivity contribution in [1.82, 2.24) is 5.32 Å². The van der Waals surface area contributed by atoms with Gasteiger partial charge in [0, 0.05) is 12.1 Å². The number of nitrogens with one attached hydrogen (secondary N) is 1. The summed E-state index contributed by atoms with van der Waals surface area (Å²) >= 11 is 10.7. The number of nitrogens with zero attached hydrogens (tertiary/aromatic N) is 1. The monoisotopic (exact) mass is 414 g/mol. The number of nitro benzene ring substituents is 1. The summed E-state index contributed by atoms with van der Waals surface area (Å²) < 4.78 is 0. The highest BCUT2D eigenvalue weighted by atomic mass is 35.5. The van der Waals surface area contributed by atoms with Gasteiger partial charge in [-0.3, -0.25) is 14.9 Å². The number of carbonyl (C=O) groups is 1. The molecule has 0 aliphatic rings. The van der Waals surface area contributed by atoms with Gasteiger partial charge in [-0.25, -0.2) is 0 Å². The van der Waals surface area contributed by atoms with E-state index in [1.165, 1.54) is 24.3 Å². The normalized spacial score (nSPS) is 13.0. The second-order valence-corrected chi connectivity index (χ2v) is 6.01. The number of aliphatic hydroxyl groups is 5. The topological polar surface area (TPSA) is 173 Å². The molecule has 0 bridgehead atoms. The van der Waals surface area contributed by atoms with Gasteiger partial charge in [-0.05, 0) is 17.7 Å². The smallest absolute Gasteiger partial charge is 0.269 e. The van der Waals surface area contributed by atoms with E-state index in [0.29, 0.717) is 5.56 Å². The van der Waals surface area contributed by atoms with Gasteiger partial charge in [-0.1, -0.05) is 23.2 Å². The minimum Gasteiger partial charge on any atom is -0.394 e. The molecule has 0 fully saturated rings. The second-order valence-electron chi connectivity index (χ2n) is 4.91. The zero-order valence-corrected chi connectivity index (χ0v) is 14.9. The predicted octanol–water partition coefficient (Wildman–Crippen LogP) is -0.759. The Kier molecular flexibility index (Phi) is 12.0. The van der Waals surface area contributed by atoms with Crippen molar-refractivity contribution >= 4 is 34.8 Å². The second kappa shape index (κ2) is 12.8. The lowest BCUT2D eigenvalue weighted by Crippen LogP contribution is -2.44. The Balaban J connectivity index is 0.000000896. The highest BCUT2D eigenvalue weighted by molar-refractivity contribution is 6.53. The summed E-state index contributed by atoms with van der Waals surface area (Å²) in [6, 6.07) is 4.05. The fourth-order valence-corrected chi connectivity index (χ4v) is 1.68. The zero-order valence-electron chi connectivity index (χ0n) is 13.4. The first-order chi connectivity index (χ1) is 12.2. The molecule has 1 rings (SSSR count). The van der Waals surface area contributed by atoms with Crippen LogP contribution in [0.15, 0.2) is 24.3 Å². The van der Waals surface area contributed by atoms with E-state index in [9.17, 15) is 20.0 Å². The van der Waals surface area contributed by atoms with Crippen LogP contribution in [0.1, 0.15) is 11.7 Å². The van der Waals surface area contributed by atoms with Crippen LogP contribution in [0.4, 0.5) is 5.69 Å². The third-order valence-electron chi connectivity index (χ3n) is 2.97. The Bertz CT molecular complexity index is 554. The van der Waals surface area contributed by atoms with Crippen molar-refractivity contribution in [2.75, 3.05) is 19.8 Å². The van der Waals surface area contributed by atoms with Crippen LogP contribution in [-0.4, -0.2) is 73.2 Å². The highest BCUT2D eigenvalue weighted by Gasteiger charge is 2.24. The molecule has 0 aromatic heterocycles. The van der Waals surface area contributed by atoms with Crippen molar-refractivity contribution in [3.8, 4) is 0 Å². The van der Waals surface area contributed by atoms with E-state index in [-0.39, 0.29) is 18.9 Å². The van der Waals surface area contributed by atoms with E-state index in [1.54, 1.807) is 0 Å². The third kappa shape index (κ3) is 8.72. The molecule has 0 aliphatic carbocycles. The average Bonchev–Trinajstić information content (AvgIpc) is 2.64. The van der Waals surface area contributed by atoms with Gasteiger partial charge in [0.2, 0.25) is 0 Å². The molecule has 2 atom stereocenters. The predicted molar refractivity (Wildman–Crippen MR) is 92.7 cm³/mol. The molecule has 26 heavy (non-hydrogen) atoms. The summed E-state index contributed by atoms with van der Waals surface area (Å²) in [5, 5.41) is 56.0. The molecule has 6 N–H and O–H groups in total. The van der Waals surface area contributed by atoms with Gasteiger partial charge in [0.25, 0.3) is 11.6 Å². The Morgan fingerprint density at radius 2 is 1.58 bits per heavy atom. The van der Waals surface area contributed by atoms with Crippen LogP contribution in [-0.2, 0) is 4.79 Å². The number of benzene rings is 1. The van der Waals surface area contributed by atoms with Gasteiger partial charge >= 0.3 is 0 Å². The molecule has 10 nitrogen and oxygen atoms in total. The van der Waals surface area contributed by atoms with Crippen molar-refractivity contribution in [3.63, 3.8) is 0 Å². The largest absolute Gasteiger partial charge is 0.394 e. The molecule has 0 heterocycles. The van der Waals surface area contributed by atoms with Crippen LogP contribution in [0, 0.1) is 10.1 Å². The Morgan fingerprint density at radius 3 is 1.88 bits per heavy atom. The maximum absolute atomic E-state index is 11.3. The quantitative estimate of drug-likeness (QED) is 0.183. The van der Waals surface area contributed by atoms with Gasteiger partial charge in [0.05, 0.1) is 30.8 Å². The maximum atomic E-state index is 11.3. The Labute approximate surface area is 158 Å². The molecule has 0 spiro atoms. The lowest BCUT2D eigenvalue weighted by atomic mass is 10.0. The number of halogens is 2. The number of rotatable bonds is 8. The molecule has 0 aliphatic heterocycles. The molecule has 1 aromatic carbocycles. The van der Waals surface area contributed by atoms with Crippen molar-refractivity contribution in [3.05, 3.63) is 39.9 Å². The highest BCUT2D eigenvalue weighted by Crippen LogP contribution is 2.20. The molecule has 1 amide bonds. The molecular formula is C14H20Cl2N2O8. The van der Waals surface area contributed by atoms with Crippen molar-refractivity contribution in [2.24, 2.45) is 0 Å². The maximum Gasteiger partial charge on any atom is 0.269 e.